The Kier molecular flexibility index (Phi) is 4.88. The molecule has 28 heavy (non-hydrogen) atoms. The van der Waals surface area contributed by atoms with Gasteiger partial charge in [-0.1, -0.05) is 12.1 Å². The average Bonchev–Trinajstić information content (AvgIpc) is 3.15. The Balaban J connectivity index is 1.39. The molecule has 3 N–H and O–H groups in total. The summed E-state index contributed by atoms with van der Waals surface area (Å²) in [4.78, 5) is 37.7. The average molecular weight is 392 g/mol. The Morgan fingerprint density at radius 3 is 2.79 bits per heavy atom. The quantitative estimate of drug-likeness (QED) is 0.631. The van der Waals surface area contributed by atoms with Gasteiger partial charge in [-0.25, -0.2) is 8.78 Å². The molecular weight excluding hydrogens is 370 g/mol. The van der Waals surface area contributed by atoms with Gasteiger partial charge in [-0.05, 0) is 23.6 Å². The number of carbonyl (C=O) groups is 3. The van der Waals surface area contributed by atoms with E-state index in [1.807, 2.05) is 12.1 Å². The Morgan fingerprint density at radius 1 is 1.25 bits per heavy atom. The monoisotopic (exact) mass is 392 g/mol. The molecule has 0 radical (unpaired) electrons. The molecule has 1 aromatic rings. The van der Waals surface area contributed by atoms with Crippen LogP contribution in [0.2, 0.25) is 0 Å². The van der Waals surface area contributed by atoms with Crippen LogP contribution in [0.15, 0.2) is 18.2 Å². The Morgan fingerprint density at radius 2 is 2.07 bits per heavy atom. The highest BCUT2D eigenvalue weighted by molar-refractivity contribution is 6.05. The molecular formula is C19H22F2N4O3. The van der Waals surface area contributed by atoms with E-state index in [-0.39, 0.29) is 37.9 Å². The van der Waals surface area contributed by atoms with Crippen LogP contribution in [0.5, 0.6) is 0 Å². The Hall–Kier alpha value is -2.39. The third kappa shape index (κ3) is 3.51. The number of benzene rings is 1. The Bertz CT molecular complexity index is 829. The van der Waals surface area contributed by atoms with Crippen LogP contribution in [-0.2, 0) is 22.7 Å². The van der Waals surface area contributed by atoms with Gasteiger partial charge >= 0.3 is 0 Å². The van der Waals surface area contributed by atoms with E-state index in [1.165, 1.54) is 4.90 Å². The van der Waals surface area contributed by atoms with E-state index in [9.17, 15) is 23.2 Å². The zero-order valence-corrected chi connectivity index (χ0v) is 15.3. The van der Waals surface area contributed by atoms with Crippen LogP contribution in [0.3, 0.4) is 0 Å². The molecule has 3 aliphatic rings. The van der Waals surface area contributed by atoms with Crippen LogP contribution < -0.4 is 16.0 Å². The first kappa shape index (κ1) is 18.9. The van der Waals surface area contributed by atoms with Gasteiger partial charge in [-0.3, -0.25) is 19.7 Å². The SMILES string of the molecule is O=C1CCC(N2Cc3ccc(CNCC4CNCC4(F)F)cc3C2=O)C(=O)N1. The van der Waals surface area contributed by atoms with Crippen molar-refractivity contribution in [3.63, 3.8) is 0 Å². The minimum absolute atomic E-state index is 0.188. The molecule has 3 aliphatic heterocycles. The highest BCUT2D eigenvalue weighted by atomic mass is 19.3. The van der Waals surface area contributed by atoms with Gasteiger partial charge in [0.2, 0.25) is 11.8 Å². The van der Waals surface area contributed by atoms with Crippen LogP contribution in [0.25, 0.3) is 0 Å². The number of halogens is 2. The van der Waals surface area contributed by atoms with Crippen LogP contribution in [0.4, 0.5) is 8.78 Å². The van der Waals surface area contributed by atoms with Crippen molar-refractivity contribution in [1.82, 2.24) is 20.9 Å². The van der Waals surface area contributed by atoms with Gasteiger partial charge in [0.05, 0.1) is 6.54 Å². The van der Waals surface area contributed by atoms with Crippen LogP contribution >= 0.6 is 0 Å². The van der Waals surface area contributed by atoms with Gasteiger partial charge in [0, 0.05) is 44.1 Å². The standard InChI is InChI=1S/C19H22F2N4O3/c20-19(21)10-23-8-13(19)7-22-6-11-1-2-12-9-25(18(28)14(12)5-11)15-3-4-16(26)24-17(15)27/h1-2,5,13,15,22-23H,3-4,6-10H2,(H,24,26,27). The molecule has 4 rings (SSSR count). The van der Waals surface area contributed by atoms with Crippen LogP contribution in [-0.4, -0.2) is 54.2 Å². The first-order valence-corrected chi connectivity index (χ1v) is 9.41. The molecule has 1 aromatic carbocycles. The highest BCUT2D eigenvalue weighted by Gasteiger charge is 2.43. The molecule has 0 aliphatic carbocycles. The number of alkyl halides is 2. The molecule has 0 bridgehead atoms. The number of nitrogens with one attached hydrogen (secondary N) is 3. The van der Waals surface area contributed by atoms with Crippen molar-refractivity contribution < 1.29 is 23.2 Å². The summed E-state index contributed by atoms with van der Waals surface area (Å²) < 4.78 is 27.3. The second kappa shape index (κ2) is 7.21. The number of hydrogen-bond acceptors (Lipinski definition) is 5. The minimum atomic E-state index is -2.71. The summed E-state index contributed by atoms with van der Waals surface area (Å²) in [6.45, 7) is 0.888. The van der Waals surface area contributed by atoms with Crippen molar-refractivity contribution in [3.8, 4) is 0 Å². The first-order chi connectivity index (χ1) is 13.3. The third-order valence-electron chi connectivity index (χ3n) is 5.66. The van der Waals surface area contributed by atoms with Crippen molar-refractivity contribution in [2.75, 3.05) is 19.6 Å². The lowest BCUT2D eigenvalue weighted by atomic mass is 10.0. The molecule has 2 atom stereocenters. The van der Waals surface area contributed by atoms with Gasteiger partial charge in [0.25, 0.3) is 11.8 Å². The number of rotatable bonds is 5. The largest absolute Gasteiger partial charge is 0.322 e. The highest BCUT2D eigenvalue weighted by Crippen LogP contribution is 2.29. The summed E-state index contributed by atoms with van der Waals surface area (Å²) in [7, 11) is 0. The molecule has 3 heterocycles. The maximum Gasteiger partial charge on any atom is 0.265 e. The lowest BCUT2D eigenvalue weighted by molar-refractivity contribution is -0.136. The molecule has 7 nitrogen and oxygen atoms in total. The van der Waals surface area contributed by atoms with E-state index >= 15 is 0 Å². The normalized spacial score (nSPS) is 26.5. The molecule has 3 amide bonds. The number of hydrogen-bond donors (Lipinski definition) is 3. The summed E-state index contributed by atoms with van der Waals surface area (Å²) in [5.41, 5.74) is 2.17. The van der Waals surface area contributed by atoms with Crippen molar-refractivity contribution in [3.05, 3.63) is 34.9 Å². The number of piperidine rings is 1. The van der Waals surface area contributed by atoms with Crippen molar-refractivity contribution in [2.24, 2.45) is 5.92 Å². The maximum absolute atomic E-state index is 13.6. The second-order valence-corrected chi connectivity index (χ2v) is 7.61. The summed E-state index contributed by atoms with van der Waals surface area (Å²) in [5, 5.41) is 8.02. The molecule has 2 fully saturated rings. The number of fused-ring (bicyclic) bond motifs is 1. The number of carbonyl (C=O) groups excluding carboxylic acids is 3. The van der Waals surface area contributed by atoms with Crippen molar-refractivity contribution in [1.29, 1.82) is 0 Å². The molecule has 2 unspecified atom stereocenters. The van der Waals surface area contributed by atoms with Gasteiger partial charge in [-0.2, -0.15) is 0 Å². The molecule has 0 spiro atoms. The summed E-state index contributed by atoms with van der Waals surface area (Å²) in [5.74, 6) is -4.44. The van der Waals surface area contributed by atoms with Crippen LogP contribution in [0.1, 0.15) is 34.3 Å². The Labute approximate surface area is 160 Å². The predicted octanol–water partition coefficient (Wildman–Crippen LogP) is 0.392. The smallest absolute Gasteiger partial charge is 0.265 e. The van der Waals surface area contributed by atoms with E-state index in [0.29, 0.717) is 25.1 Å². The number of imide groups is 1. The number of amides is 3. The van der Waals surface area contributed by atoms with E-state index < -0.39 is 23.8 Å². The first-order valence-electron chi connectivity index (χ1n) is 9.41. The lowest BCUT2D eigenvalue weighted by Crippen LogP contribution is -2.52. The molecule has 0 saturated carbocycles. The molecule has 0 aromatic heterocycles. The molecule has 9 heteroatoms. The van der Waals surface area contributed by atoms with Crippen molar-refractivity contribution in [2.45, 2.75) is 37.9 Å². The van der Waals surface area contributed by atoms with Gasteiger partial charge in [0.15, 0.2) is 0 Å². The van der Waals surface area contributed by atoms with Crippen LogP contribution in [0, 0.1) is 5.92 Å². The second-order valence-electron chi connectivity index (χ2n) is 7.61. The van der Waals surface area contributed by atoms with E-state index in [1.54, 1.807) is 6.07 Å². The maximum atomic E-state index is 13.6. The summed E-state index contributed by atoms with van der Waals surface area (Å²) in [6, 6.07) is 4.80. The van der Waals surface area contributed by atoms with E-state index in [2.05, 4.69) is 16.0 Å². The zero-order valence-electron chi connectivity index (χ0n) is 15.3. The fraction of sp³-hybridized carbons (Fsp3) is 0.526. The zero-order chi connectivity index (χ0) is 19.9. The van der Waals surface area contributed by atoms with Crippen molar-refractivity contribution >= 4 is 17.7 Å². The predicted molar refractivity (Wildman–Crippen MR) is 95.5 cm³/mol. The third-order valence-corrected chi connectivity index (χ3v) is 5.66. The van der Waals surface area contributed by atoms with Gasteiger partial charge < -0.3 is 15.5 Å². The molecule has 2 saturated heterocycles. The fourth-order valence-corrected chi connectivity index (χ4v) is 4.03. The fourth-order valence-electron chi connectivity index (χ4n) is 4.03. The van der Waals surface area contributed by atoms with E-state index in [4.69, 9.17) is 0 Å². The number of nitrogens with zero attached hydrogens (tertiary/aromatic N) is 1. The van der Waals surface area contributed by atoms with Gasteiger partial charge in [0.1, 0.15) is 6.04 Å². The minimum Gasteiger partial charge on any atom is -0.322 e. The van der Waals surface area contributed by atoms with Gasteiger partial charge in [-0.15, -0.1) is 0 Å². The molecule has 150 valence electrons. The topological polar surface area (TPSA) is 90.5 Å². The van der Waals surface area contributed by atoms with E-state index in [0.717, 1.165) is 11.1 Å². The summed E-state index contributed by atoms with van der Waals surface area (Å²) >= 11 is 0. The summed E-state index contributed by atoms with van der Waals surface area (Å²) in [6.07, 6.45) is 0.537. The lowest BCUT2D eigenvalue weighted by Gasteiger charge is -2.29.